The number of carbonyl (C=O) groups excluding carboxylic acids is 1. The second kappa shape index (κ2) is 10.4. The van der Waals surface area contributed by atoms with Crippen LogP contribution in [0.25, 0.3) is 16.9 Å². The highest BCUT2D eigenvalue weighted by Gasteiger charge is 2.27. The monoisotopic (exact) mass is 484 g/mol. The van der Waals surface area contributed by atoms with E-state index in [1.165, 1.54) is 0 Å². The van der Waals surface area contributed by atoms with Crippen molar-refractivity contribution in [2.75, 3.05) is 20.3 Å². The molecule has 0 spiro atoms. The number of hydrogen-bond donors (Lipinski definition) is 2. The molecule has 0 atom stereocenters. The van der Waals surface area contributed by atoms with Crippen LogP contribution in [0.5, 0.6) is 0 Å². The SMILES string of the molecule is COCC(C)(C)NC(=O)c1nn(-c2ccc(C#CCN)cc2Cl)c(-c2ccc(Cl)cc2)c1C. The van der Waals surface area contributed by atoms with E-state index in [2.05, 4.69) is 22.3 Å². The minimum atomic E-state index is -0.566. The van der Waals surface area contributed by atoms with Crippen LogP contribution in [0.1, 0.15) is 35.5 Å². The van der Waals surface area contributed by atoms with Crippen molar-refractivity contribution < 1.29 is 9.53 Å². The maximum absolute atomic E-state index is 13.2. The minimum Gasteiger partial charge on any atom is -0.382 e. The molecule has 172 valence electrons. The number of nitrogens with one attached hydrogen (secondary N) is 1. The largest absolute Gasteiger partial charge is 0.382 e. The van der Waals surface area contributed by atoms with Crippen molar-refractivity contribution >= 4 is 29.1 Å². The quantitative estimate of drug-likeness (QED) is 0.500. The molecule has 3 N–H and O–H groups in total. The maximum Gasteiger partial charge on any atom is 0.272 e. The first-order chi connectivity index (χ1) is 15.7. The summed E-state index contributed by atoms with van der Waals surface area (Å²) >= 11 is 12.7. The van der Waals surface area contributed by atoms with Crippen molar-refractivity contribution in [3.8, 4) is 28.8 Å². The highest BCUT2D eigenvalue weighted by molar-refractivity contribution is 6.32. The van der Waals surface area contributed by atoms with Crippen LogP contribution in [0.15, 0.2) is 42.5 Å². The lowest BCUT2D eigenvalue weighted by molar-refractivity contribution is 0.0814. The summed E-state index contributed by atoms with van der Waals surface area (Å²) in [6, 6.07) is 12.8. The maximum atomic E-state index is 13.2. The Morgan fingerprint density at radius 1 is 1.21 bits per heavy atom. The Kier molecular flexibility index (Phi) is 7.83. The molecule has 0 fully saturated rings. The van der Waals surface area contributed by atoms with E-state index >= 15 is 0 Å². The van der Waals surface area contributed by atoms with E-state index in [1.54, 1.807) is 30.0 Å². The third-order valence-electron chi connectivity index (χ3n) is 4.92. The lowest BCUT2D eigenvalue weighted by Crippen LogP contribution is -2.47. The molecule has 1 heterocycles. The number of halogens is 2. The van der Waals surface area contributed by atoms with Crippen molar-refractivity contribution in [3.05, 3.63) is 69.3 Å². The molecule has 0 saturated carbocycles. The number of nitrogens with two attached hydrogens (primary N) is 1. The number of methoxy groups -OCH3 is 1. The molecule has 8 heteroatoms. The summed E-state index contributed by atoms with van der Waals surface area (Å²) in [5, 5.41) is 8.72. The first kappa shape index (κ1) is 24.8. The van der Waals surface area contributed by atoms with Gasteiger partial charge in [0.15, 0.2) is 5.69 Å². The van der Waals surface area contributed by atoms with Gasteiger partial charge in [0.2, 0.25) is 0 Å². The highest BCUT2D eigenvalue weighted by atomic mass is 35.5. The molecule has 1 amide bonds. The number of nitrogens with zero attached hydrogens (tertiary/aromatic N) is 2. The Morgan fingerprint density at radius 3 is 2.52 bits per heavy atom. The van der Waals surface area contributed by atoms with Crippen LogP contribution < -0.4 is 11.1 Å². The minimum absolute atomic E-state index is 0.260. The zero-order valence-corrected chi connectivity index (χ0v) is 20.5. The van der Waals surface area contributed by atoms with Gasteiger partial charge in [-0.1, -0.05) is 47.2 Å². The van der Waals surface area contributed by atoms with Gasteiger partial charge in [0.1, 0.15) is 0 Å². The van der Waals surface area contributed by atoms with E-state index in [0.29, 0.717) is 33.6 Å². The first-order valence-corrected chi connectivity index (χ1v) is 11.1. The molecular formula is C25H26Cl2N4O2. The summed E-state index contributed by atoms with van der Waals surface area (Å²) < 4.78 is 6.90. The van der Waals surface area contributed by atoms with Gasteiger partial charge in [-0.05, 0) is 51.1 Å². The van der Waals surface area contributed by atoms with Crippen LogP contribution in [0.2, 0.25) is 10.0 Å². The fraction of sp³-hybridized carbons (Fsp3) is 0.280. The predicted octanol–water partition coefficient (Wildman–Crippen LogP) is 4.62. The number of aromatic nitrogens is 2. The Labute approximate surface area is 204 Å². The molecule has 33 heavy (non-hydrogen) atoms. The van der Waals surface area contributed by atoms with Crippen LogP contribution in [-0.4, -0.2) is 41.5 Å². The number of rotatable bonds is 6. The fourth-order valence-electron chi connectivity index (χ4n) is 3.51. The van der Waals surface area contributed by atoms with Gasteiger partial charge in [-0.15, -0.1) is 0 Å². The summed E-state index contributed by atoms with van der Waals surface area (Å²) in [4.78, 5) is 13.2. The first-order valence-electron chi connectivity index (χ1n) is 10.3. The average Bonchev–Trinajstić information content (AvgIpc) is 3.09. The lowest BCUT2D eigenvalue weighted by Gasteiger charge is -2.24. The zero-order valence-electron chi connectivity index (χ0n) is 19.0. The fourth-order valence-corrected chi connectivity index (χ4v) is 3.89. The molecule has 0 aliphatic heterocycles. The predicted molar refractivity (Wildman–Crippen MR) is 133 cm³/mol. The molecule has 0 radical (unpaired) electrons. The van der Waals surface area contributed by atoms with Gasteiger partial charge in [-0.3, -0.25) is 4.79 Å². The van der Waals surface area contributed by atoms with Crippen molar-refractivity contribution in [2.45, 2.75) is 26.3 Å². The van der Waals surface area contributed by atoms with E-state index < -0.39 is 5.54 Å². The Balaban J connectivity index is 2.16. The highest BCUT2D eigenvalue weighted by Crippen LogP contribution is 2.32. The van der Waals surface area contributed by atoms with Crippen LogP contribution in [0.3, 0.4) is 0 Å². The van der Waals surface area contributed by atoms with Crippen LogP contribution >= 0.6 is 23.2 Å². The molecule has 0 unspecified atom stereocenters. The number of ether oxygens (including phenoxy) is 1. The lowest BCUT2D eigenvalue weighted by atomic mass is 10.0. The van der Waals surface area contributed by atoms with Gasteiger partial charge >= 0.3 is 0 Å². The zero-order chi connectivity index (χ0) is 24.2. The van der Waals surface area contributed by atoms with E-state index in [1.807, 2.05) is 45.0 Å². The van der Waals surface area contributed by atoms with Gasteiger partial charge in [0.25, 0.3) is 5.91 Å². The molecule has 0 bridgehead atoms. The second-order valence-corrected chi connectivity index (χ2v) is 9.03. The third-order valence-corrected chi connectivity index (χ3v) is 5.48. The average molecular weight is 485 g/mol. The topological polar surface area (TPSA) is 82.2 Å². The van der Waals surface area contributed by atoms with Crippen LogP contribution in [0.4, 0.5) is 0 Å². The second-order valence-electron chi connectivity index (χ2n) is 8.18. The van der Waals surface area contributed by atoms with E-state index in [4.69, 9.17) is 33.7 Å². The van der Waals surface area contributed by atoms with E-state index in [9.17, 15) is 4.79 Å². The number of amides is 1. The molecular weight excluding hydrogens is 459 g/mol. The normalized spacial score (nSPS) is 11.1. The van der Waals surface area contributed by atoms with E-state index in [0.717, 1.165) is 16.8 Å². The van der Waals surface area contributed by atoms with Crippen molar-refractivity contribution in [3.63, 3.8) is 0 Å². The summed E-state index contributed by atoms with van der Waals surface area (Å²) in [5.41, 5.74) is 8.87. The third kappa shape index (κ3) is 5.76. The standard InChI is InChI=1S/C25H26Cl2N4O2/c1-16-22(24(32)29-25(2,3)15-33-4)30-31(23(16)18-8-10-19(26)11-9-18)21-12-7-17(6-5-13-28)14-20(21)27/h7-12,14H,13,15,28H2,1-4H3,(H,29,32). The molecule has 0 aliphatic rings. The molecule has 2 aromatic carbocycles. The molecule has 3 aromatic rings. The van der Waals surface area contributed by atoms with Gasteiger partial charge in [0, 0.05) is 28.8 Å². The number of carbonyl (C=O) groups is 1. The van der Waals surface area contributed by atoms with Crippen LogP contribution in [-0.2, 0) is 4.74 Å². The van der Waals surface area contributed by atoms with Gasteiger partial charge in [-0.25, -0.2) is 4.68 Å². The van der Waals surface area contributed by atoms with Crippen molar-refractivity contribution in [1.82, 2.24) is 15.1 Å². The smallest absolute Gasteiger partial charge is 0.272 e. The summed E-state index contributed by atoms with van der Waals surface area (Å²) in [5.74, 6) is 5.48. The Hall–Kier alpha value is -2.82. The summed E-state index contributed by atoms with van der Waals surface area (Å²) in [7, 11) is 1.59. The number of benzene rings is 2. The van der Waals surface area contributed by atoms with Crippen LogP contribution in [0, 0.1) is 18.8 Å². The molecule has 6 nitrogen and oxygen atoms in total. The van der Waals surface area contributed by atoms with Crippen molar-refractivity contribution in [1.29, 1.82) is 0 Å². The molecule has 0 aliphatic carbocycles. The molecule has 3 rings (SSSR count). The molecule has 0 saturated heterocycles. The number of hydrogen-bond acceptors (Lipinski definition) is 4. The Bertz CT molecular complexity index is 1220. The van der Waals surface area contributed by atoms with Gasteiger partial charge in [0.05, 0.1) is 35.1 Å². The Morgan fingerprint density at radius 2 is 1.91 bits per heavy atom. The molecule has 1 aromatic heterocycles. The summed E-state index contributed by atoms with van der Waals surface area (Å²) in [6.07, 6.45) is 0. The van der Waals surface area contributed by atoms with Gasteiger partial charge < -0.3 is 15.8 Å². The van der Waals surface area contributed by atoms with E-state index in [-0.39, 0.29) is 12.5 Å². The van der Waals surface area contributed by atoms with Crippen molar-refractivity contribution in [2.24, 2.45) is 5.73 Å². The summed E-state index contributed by atoms with van der Waals surface area (Å²) in [6.45, 7) is 6.26. The van der Waals surface area contributed by atoms with Gasteiger partial charge in [-0.2, -0.15) is 5.10 Å².